The van der Waals surface area contributed by atoms with Gasteiger partial charge in [-0.2, -0.15) is 0 Å². The molecule has 0 amide bonds. The predicted molar refractivity (Wildman–Crippen MR) is 56.0 cm³/mol. The fourth-order valence-corrected chi connectivity index (χ4v) is 1.92. The van der Waals surface area contributed by atoms with E-state index >= 15 is 0 Å². The van der Waals surface area contributed by atoms with Crippen molar-refractivity contribution in [1.29, 1.82) is 0 Å². The van der Waals surface area contributed by atoms with E-state index in [0.717, 1.165) is 19.6 Å². The van der Waals surface area contributed by atoms with E-state index in [1.165, 1.54) is 25.7 Å². The monoisotopic (exact) mass is 185 g/mol. The predicted octanol–water partition coefficient (Wildman–Crippen LogP) is 2.33. The lowest BCUT2D eigenvalue weighted by Crippen LogP contribution is -2.27. The van der Waals surface area contributed by atoms with E-state index < -0.39 is 0 Å². The molecule has 1 N–H and O–H groups in total. The highest BCUT2D eigenvalue weighted by Crippen LogP contribution is 2.20. The fraction of sp³-hybridized carbons (Fsp3) is 1.00. The number of nitrogens with one attached hydrogen (secondary N) is 1. The third-order valence-electron chi connectivity index (χ3n) is 2.76. The van der Waals surface area contributed by atoms with E-state index in [-0.39, 0.29) is 0 Å². The van der Waals surface area contributed by atoms with Crippen LogP contribution in [-0.4, -0.2) is 25.3 Å². The molecule has 1 aliphatic rings. The number of hydrogen-bond donors (Lipinski definition) is 1. The summed E-state index contributed by atoms with van der Waals surface area (Å²) in [6.07, 6.45) is 7.03. The van der Waals surface area contributed by atoms with Crippen molar-refractivity contribution in [3.63, 3.8) is 0 Å². The molecule has 1 unspecified atom stereocenters. The first-order chi connectivity index (χ1) is 6.33. The molecule has 1 rings (SSSR count). The Morgan fingerprint density at radius 2 is 2.08 bits per heavy atom. The number of ether oxygens (including phenoxy) is 1. The SMILES string of the molecule is CCNC(C)CCOC1CCCC1. The van der Waals surface area contributed by atoms with E-state index in [4.69, 9.17) is 4.74 Å². The van der Waals surface area contributed by atoms with Crippen LogP contribution in [0.4, 0.5) is 0 Å². The molecule has 0 heterocycles. The van der Waals surface area contributed by atoms with Crippen LogP contribution in [0.3, 0.4) is 0 Å². The summed E-state index contributed by atoms with van der Waals surface area (Å²) < 4.78 is 5.78. The van der Waals surface area contributed by atoms with E-state index in [2.05, 4.69) is 19.2 Å². The van der Waals surface area contributed by atoms with Gasteiger partial charge in [0.2, 0.25) is 0 Å². The molecule has 0 radical (unpaired) electrons. The standard InChI is InChI=1S/C11H23NO/c1-3-12-10(2)8-9-13-11-6-4-5-7-11/h10-12H,3-9H2,1-2H3. The van der Waals surface area contributed by atoms with Gasteiger partial charge in [-0.3, -0.25) is 0 Å². The smallest absolute Gasteiger partial charge is 0.0575 e. The van der Waals surface area contributed by atoms with Crippen LogP contribution in [0.1, 0.15) is 46.0 Å². The molecule has 0 bridgehead atoms. The van der Waals surface area contributed by atoms with Crippen LogP contribution in [0.2, 0.25) is 0 Å². The maximum atomic E-state index is 5.78. The molecule has 0 aromatic carbocycles. The van der Waals surface area contributed by atoms with Gasteiger partial charge in [-0.15, -0.1) is 0 Å². The Labute approximate surface area is 82.0 Å². The van der Waals surface area contributed by atoms with Gasteiger partial charge in [0.1, 0.15) is 0 Å². The zero-order valence-electron chi connectivity index (χ0n) is 9.01. The van der Waals surface area contributed by atoms with Crippen LogP contribution in [-0.2, 0) is 4.74 Å². The Morgan fingerprint density at radius 1 is 1.38 bits per heavy atom. The molecular weight excluding hydrogens is 162 g/mol. The molecule has 13 heavy (non-hydrogen) atoms. The van der Waals surface area contributed by atoms with Gasteiger partial charge in [0.25, 0.3) is 0 Å². The Bertz CT molecular complexity index is 121. The minimum absolute atomic E-state index is 0.578. The summed E-state index contributed by atoms with van der Waals surface area (Å²) in [6.45, 7) is 6.36. The Balaban J connectivity index is 1.93. The molecule has 0 aromatic rings. The highest BCUT2D eigenvalue weighted by Gasteiger charge is 2.14. The average Bonchev–Trinajstić information content (AvgIpc) is 2.57. The maximum absolute atomic E-state index is 5.78. The lowest BCUT2D eigenvalue weighted by molar-refractivity contribution is 0.0530. The number of rotatable bonds is 6. The topological polar surface area (TPSA) is 21.3 Å². The summed E-state index contributed by atoms with van der Waals surface area (Å²) in [6, 6.07) is 0.603. The van der Waals surface area contributed by atoms with Gasteiger partial charge in [0.15, 0.2) is 0 Å². The fourth-order valence-electron chi connectivity index (χ4n) is 1.92. The van der Waals surface area contributed by atoms with Gasteiger partial charge >= 0.3 is 0 Å². The third-order valence-corrected chi connectivity index (χ3v) is 2.76. The Hall–Kier alpha value is -0.0800. The second kappa shape index (κ2) is 6.39. The van der Waals surface area contributed by atoms with Gasteiger partial charge in [0, 0.05) is 12.6 Å². The van der Waals surface area contributed by atoms with Crippen molar-refractivity contribution in [3.8, 4) is 0 Å². The Kier molecular flexibility index (Phi) is 5.40. The molecular formula is C11H23NO. The largest absolute Gasteiger partial charge is 0.378 e. The zero-order valence-corrected chi connectivity index (χ0v) is 9.01. The van der Waals surface area contributed by atoms with Crippen LogP contribution in [0.15, 0.2) is 0 Å². The summed E-state index contributed by atoms with van der Waals surface area (Å²) >= 11 is 0. The maximum Gasteiger partial charge on any atom is 0.0575 e. The van der Waals surface area contributed by atoms with Crippen LogP contribution in [0, 0.1) is 0 Å². The molecule has 1 atom stereocenters. The van der Waals surface area contributed by atoms with Crippen molar-refractivity contribution in [2.45, 2.75) is 58.1 Å². The van der Waals surface area contributed by atoms with Gasteiger partial charge in [-0.1, -0.05) is 19.8 Å². The quantitative estimate of drug-likeness (QED) is 0.686. The summed E-state index contributed by atoms with van der Waals surface area (Å²) in [5, 5.41) is 3.39. The normalized spacial score (nSPS) is 20.8. The molecule has 0 aromatic heterocycles. The molecule has 1 aliphatic carbocycles. The van der Waals surface area contributed by atoms with Crippen molar-refractivity contribution >= 4 is 0 Å². The van der Waals surface area contributed by atoms with Crippen molar-refractivity contribution in [2.24, 2.45) is 0 Å². The molecule has 1 fully saturated rings. The van der Waals surface area contributed by atoms with Crippen molar-refractivity contribution < 1.29 is 4.74 Å². The van der Waals surface area contributed by atoms with Gasteiger partial charge in [-0.25, -0.2) is 0 Å². The first-order valence-corrected chi connectivity index (χ1v) is 5.68. The molecule has 0 aliphatic heterocycles. The summed E-state index contributed by atoms with van der Waals surface area (Å²) in [5.74, 6) is 0. The van der Waals surface area contributed by atoms with Crippen LogP contribution >= 0.6 is 0 Å². The summed E-state index contributed by atoms with van der Waals surface area (Å²) in [7, 11) is 0. The molecule has 78 valence electrons. The van der Waals surface area contributed by atoms with E-state index in [9.17, 15) is 0 Å². The molecule has 0 spiro atoms. The van der Waals surface area contributed by atoms with E-state index in [1.807, 2.05) is 0 Å². The minimum Gasteiger partial charge on any atom is -0.378 e. The van der Waals surface area contributed by atoms with Crippen LogP contribution < -0.4 is 5.32 Å². The second-order valence-corrected chi connectivity index (χ2v) is 4.02. The highest BCUT2D eigenvalue weighted by atomic mass is 16.5. The lowest BCUT2D eigenvalue weighted by Gasteiger charge is -2.15. The van der Waals surface area contributed by atoms with Gasteiger partial charge in [-0.05, 0) is 32.7 Å². The highest BCUT2D eigenvalue weighted by molar-refractivity contribution is 4.67. The average molecular weight is 185 g/mol. The first-order valence-electron chi connectivity index (χ1n) is 5.68. The first kappa shape index (κ1) is 11.0. The zero-order chi connectivity index (χ0) is 9.52. The summed E-state index contributed by atoms with van der Waals surface area (Å²) in [5.41, 5.74) is 0. The lowest BCUT2D eigenvalue weighted by atomic mass is 10.2. The molecule has 0 saturated heterocycles. The van der Waals surface area contributed by atoms with Gasteiger partial charge < -0.3 is 10.1 Å². The van der Waals surface area contributed by atoms with Crippen molar-refractivity contribution in [2.75, 3.05) is 13.2 Å². The van der Waals surface area contributed by atoms with Crippen LogP contribution in [0.5, 0.6) is 0 Å². The number of hydrogen-bond acceptors (Lipinski definition) is 2. The Morgan fingerprint density at radius 3 is 2.69 bits per heavy atom. The molecule has 2 nitrogen and oxygen atoms in total. The van der Waals surface area contributed by atoms with Crippen LogP contribution in [0.25, 0.3) is 0 Å². The van der Waals surface area contributed by atoms with E-state index in [0.29, 0.717) is 12.1 Å². The summed E-state index contributed by atoms with van der Waals surface area (Å²) in [4.78, 5) is 0. The molecule has 2 heteroatoms. The third kappa shape index (κ3) is 4.63. The van der Waals surface area contributed by atoms with E-state index in [1.54, 1.807) is 0 Å². The second-order valence-electron chi connectivity index (χ2n) is 4.02. The molecule has 1 saturated carbocycles. The van der Waals surface area contributed by atoms with Crippen molar-refractivity contribution in [3.05, 3.63) is 0 Å². The van der Waals surface area contributed by atoms with Crippen molar-refractivity contribution in [1.82, 2.24) is 5.32 Å². The minimum atomic E-state index is 0.578. The van der Waals surface area contributed by atoms with Gasteiger partial charge in [0.05, 0.1) is 6.10 Å².